The van der Waals surface area contributed by atoms with E-state index < -0.39 is 18.1 Å². The summed E-state index contributed by atoms with van der Waals surface area (Å²) >= 11 is 1.06. The highest BCUT2D eigenvalue weighted by atomic mass is 32.1. The van der Waals surface area contributed by atoms with Crippen molar-refractivity contribution in [3.63, 3.8) is 0 Å². The molecule has 2 aromatic heterocycles. The van der Waals surface area contributed by atoms with Gasteiger partial charge in [-0.15, -0.1) is 11.3 Å². The van der Waals surface area contributed by atoms with Crippen molar-refractivity contribution in [2.75, 3.05) is 6.61 Å². The first-order chi connectivity index (χ1) is 13.4. The zero-order valence-corrected chi connectivity index (χ0v) is 15.7. The number of esters is 1. The van der Waals surface area contributed by atoms with Crippen molar-refractivity contribution in [3.05, 3.63) is 57.0 Å². The summed E-state index contributed by atoms with van der Waals surface area (Å²) in [6.07, 6.45) is 2.42. The molecule has 2 heterocycles. The first-order valence-corrected chi connectivity index (χ1v) is 9.00. The van der Waals surface area contributed by atoms with Gasteiger partial charge in [0.2, 0.25) is 0 Å². The minimum absolute atomic E-state index is 0.0698. The Labute approximate surface area is 161 Å². The molecule has 0 unspecified atom stereocenters. The molecule has 3 rings (SSSR count). The number of halogens is 2. The van der Waals surface area contributed by atoms with Gasteiger partial charge in [-0.25, -0.2) is 9.78 Å². The van der Waals surface area contributed by atoms with Crippen LogP contribution in [0.1, 0.15) is 27.7 Å². The number of fused-ring (bicyclic) bond motifs is 1. The first-order valence-electron chi connectivity index (χ1n) is 8.18. The summed E-state index contributed by atoms with van der Waals surface area (Å²) in [7, 11) is 0. The molecule has 0 aliphatic rings. The molecule has 0 radical (unpaired) electrons. The number of hydrogen-bond donors (Lipinski definition) is 0. The lowest BCUT2D eigenvalue weighted by molar-refractivity contribution is -0.0499. The molecule has 28 heavy (non-hydrogen) atoms. The Balaban J connectivity index is 2.00. The smallest absolute Gasteiger partial charge is 0.387 e. The average Bonchev–Trinajstić information content (AvgIpc) is 2.99. The lowest BCUT2D eigenvalue weighted by Crippen LogP contribution is -2.17. The maximum absolute atomic E-state index is 12.7. The summed E-state index contributed by atoms with van der Waals surface area (Å²) in [4.78, 5) is 29.6. The van der Waals surface area contributed by atoms with Crippen molar-refractivity contribution in [2.45, 2.75) is 20.5 Å². The zero-order valence-electron chi connectivity index (χ0n) is 14.9. The number of thiophene rings is 1. The molecular formula is C18H15F2N3O4S. The van der Waals surface area contributed by atoms with Crippen molar-refractivity contribution in [2.24, 2.45) is 5.10 Å². The second-order valence-corrected chi connectivity index (χ2v) is 6.51. The maximum atomic E-state index is 12.7. The molecule has 0 spiro atoms. The maximum Gasteiger partial charge on any atom is 0.387 e. The number of aryl methyl sites for hydroxylation is 1. The molecule has 0 fully saturated rings. The highest BCUT2D eigenvalue weighted by Crippen LogP contribution is 2.27. The normalized spacial score (nSPS) is 11.5. The monoisotopic (exact) mass is 407 g/mol. The molecule has 7 nitrogen and oxygen atoms in total. The van der Waals surface area contributed by atoms with E-state index >= 15 is 0 Å². The van der Waals surface area contributed by atoms with E-state index in [0.29, 0.717) is 15.3 Å². The molecule has 0 atom stereocenters. The number of para-hydroxylation sites is 1. The minimum Gasteiger partial charge on any atom is -0.462 e. The summed E-state index contributed by atoms with van der Waals surface area (Å²) in [5.41, 5.74) is 0.240. The van der Waals surface area contributed by atoms with Gasteiger partial charge in [0.1, 0.15) is 21.8 Å². The molecule has 0 aliphatic carbocycles. The van der Waals surface area contributed by atoms with Gasteiger partial charge in [0.15, 0.2) is 0 Å². The number of ether oxygens (including phenoxy) is 2. The fourth-order valence-corrected chi connectivity index (χ4v) is 3.54. The van der Waals surface area contributed by atoms with Crippen LogP contribution in [-0.4, -0.2) is 35.1 Å². The lowest BCUT2D eigenvalue weighted by atomic mass is 10.2. The summed E-state index contributed by atoms with van der Waals surface area (Å²) in [6, 6.07) is 6.05. The molecule has 0 saturated heterocycles. The second kappa shape index (κ2) is 8.26. The molecule has 146 valence electrons. The average molecular weight is 407 g/mol. The van der Waals surface area contributed by atoms with E-state index in [1.165, 1.54) is 24.7 Å². The Bertz CT molecular complexity index is 1110. The van der Waals surface area contributed by atoms with Crippen LogP contribution in [0.4, 0.5) is 8.78 Å². The highest BCUT2D eigenvalue weighted by molar-refractivity contribution is 7.20. The van der Waals surface area contributed by atoms with E-state index in [0.717, 1.165) is 16.0 Å². The van der Waals surface area contributed by atoms with Crippen LogP contribution in [0.5, 0.6) is 5.75 Å². The van der Waals surface area contributed by atoms with Crippen molar-refractivity contribution in [1.82, 2.24) is 9.66 Å². The van der Waals surface area contributed by atoms with Crippen LogP contribution in [0.15, 0.2) is 40.5 Å². The van der Waals surface area contributed by atoms with Crippen molar-refractivity contribution in [1.29, 1.82) is 0 Å². The fourth-order valence-electron chi connectivity index (χ4n) is 2.50. The summed E-state index contributed by atoms with van der Waals surface area (Å²) in [5, 5.41) is 4.26. The van der Waals surface area contributed by atoms with Crippen LogP contribution in [0.25, 0.3) is 10.2 Å². The number of rotatable bonds is 6. The SMILES string of the molecule is CCOC(=O)c1sc2ncn(/N=C\c3ccccc3OC(F)F)c(=O)c2c1C. The van der Waals surface area contributed by atoms with Gasteiger partial charge in [-0.1, -0.05) is 12.1 Å². The molecule has 10 heteroatoms. The van der Waals surface area contributed by atoms with Gasteiger partial charge in [0.05, 0.1) is 18.2 Å². The molecular weight excluding hydrogens is 392 g/mol. The van der Waals surface area contributed by atoms with E-state index in [1.54, 1.807) is 26.0 Å². The third kappa shape index (κ3) is 3.91. The number of carbonyl (C=O) groups excluding carboxylic acids is 1. The van der Waals surface area contributed by atoms with Crippen LogP contribution in [-0.2, 0) is 4.74 Å². The Kier molecular flexibility index (Phi) is 5.78. The third-order valence-electron chi connectivity index (χ3n) is 3.75. The topological polar surface area (TPSA) is 82.8 Å². The minimum atomic E-state index is -2.98. The molecule has 0 aliphatic heterocycles. The van der Waals surface area contributed by atoms with Crippen molar-refractivity contribution in [3.8, 4) is 5.75 Å². The Hall–Kier alpha value is -3.14. The molecule has 0 bridgehead atoms. The van der Waals surface area contributed by atoms with Crippen LogP contribution in [0.3, 0.4) is 0 Å². The number of benzene rings is 1. The largest absolute Gasteiger partial charge is 0.462 e. The van der Waals surface area contributed by atoms with Crippen LogP contribution >= 0.6 is 11.3 Å². The zero-order chi connectivity index (χ0) is 20.3. The fraction of sp³-hybridized carbons (Fsp3) is 0.222. The predicted octanol–water partition coefficient (Wildman–Crippen LogP) is 3.43. The van der Waals surface area contributed by atoms with Crippen LogP contribution < -0.4 is 10.3 Å². The van der Waals surface area contributed by atoms with Gasteiger partial charge in [0.25, 0.3) is 5.56 Å². The highest BCUT2D eigenvalue weighted by Gasteiger charge is 2.20. The summed E-state index contributed by atoms with van der Waals surface area (Å²) in [6.45, 7) is 0.559. The quantitative estimate of drug-likeness (QED) is 0.462. The Morgan fingerprint density at radius 3 is 2.86 bits per heavy atom. The van der Waals surface area contributed by atoms with Crippen molar-refractivity contribution < 1.29 is 23.0 Å². The van der Waals surface area contributed by atoms with Gasteiger partial charge < -0.3 is 9.47 Å². The van der Waals surface area contributed by atoms with Crippen molar-refractivity contribution >= 4 is 33.7 Å². The van der Waals surface area contributed by atoms with E-state index in [1.807, 2.05) is 0 Å². The summed E-state index contributed by atoms with van der Waals surface area (Å²) in [5.74, 6) is -0.588. The third-order valence-corrected chi connectivity index (χ3v) is 4.93. The van der Waals surface area contributed by atoms with E-state index in [-0.39, 0.29) is 23.3 Å². The second-order valence-electron chi connectivity index (χ2n) is 5.51. The first kappa shape index (κ1) is 19.6. The summed E-state index contributed by atoms with van der Waals surface area (Å²) < 4.78 is 35.4. The number of aromatic nitrogens is 2. The molecule has 1 aromatic carbocycles. The van der Waals surface area contributed by atoms with Crippen LogP contribution in [0.2, 0.25) is 0 Å². The standard InChI is InChI=1S/C18H15F2N3O4S/c1-3-26-17(25)14-10(2)13-15(28-14)21-9-23(16(13)24)22-8-11-6-4-5-7-12(11)27-18(19)20/h4-9,18H,3H2,1-2H3/b22-8-. The number of carbonyl (C=O) groups is 1. The van der Waals surface area contributed by atoms with Gasteiger partial charge >= 0.3 is 12.6 Å². The lowest BCUT2D eigenvalue weighted by Gasteiger charge is -2.07. The van der Waals surface area contributed by atoms with Crippen LogP contribution in [0, 0.1) is 6.92 Å². The van der Waals surface area contributed by atoms with Gasteiger partial charge in [0, 0.05) is 5.56 Å². The molecule has 0 amide bonds. The molecule has 3 aromatic rings. The van der Waals surface area contributed by atoms with E-state index in [9.17, 15) is 18.4 Å². The number of hydrogen-bond acceptors (Lipinski definition) is 7. The van der Waals surface area contributed by atoms with Gasteiger partial charge in [-0.05, 0) is 31.5 Å². The number of nitrogens with zero attached hydrogens (tertiary/aromatic N) is 3. The van der Waals surface area contributed by atoms with Gasteiger partial charge in [-0.3, -0.25) is 4.79 Å². The van der Waals surface area contributed by atoms with Gasteiger partial charge in [-0.2, -0.15) is 18.6 Å². The Morgan fingerprint density at radius 1 is 1.39 bits per heavy atom. The molecule has 0 N–H and O–H groups in total. The van der Waals surface area contributed by atoms with E-state index in [4.69, 9.17) is 4.74 Å². The molecule has 0 saturated carbocycles. The number of alkyl halides is 2. The predicted molar refractivity (Wildman–Crippen MR) is 101 cm³/mol. The Morgan fingerprint density at radius 2 is 2.14 bits per heavy atom. The van der Waals surface area contributed by atoms with E-state index in [2.05, 4.69) is 14.8 Å².